The summed E-state index contributed by atoms with van der Waals surface area (Å²) in [5, 5.41) is 0. The molecule has 2 unspecified atom stereocenters. The van der Waals surface area contributed by atoms with Crippen LogP contribution in [0.3, 0.4) is 0 Å². The van der Waals surface area contributed by atoms with Crippen molar-refractivity contribution >= 4 is 12.4 Å². The van der Waals surface area contributed by atoms with E-state index in [4.69, 9.17) is 10.5 Å². The van der Waals surface area contributed by atoms with Crippen molar-refractivity contribution in [2.24, 2.45) is 11.7 Å². The van der Waals surface area contributed by atoms with E-state index in [2.05, 4.69) is 0 Å². The van der Waals surface area contributed by atoms with Crippen molar-refractivity contribution in [2.75, 3.05) is 0 Å². The number of carbonyl (C=O) groups excluding carboxylic acids is 2. The number of aldehydes is 1. The van der Waals surface area contributed by atoms with Gasteiger partial charge in [-0.1, -0.05) is 0 Å². The first kappa shape index (κ1) is 9.03. The Balaban J connectivity index is 2.35. The lowest BCUT2D eigenvalue weighted by Gasteiger charge is -2.24. The molecule has 1 aliphatic carbocycles. The quantitative estimate of drug-likeness (QED) is 0.626. The van der Waals surface area contributed by atoms with Gasteiger partial charge in [0.25, 0.3) is 0 Å². The highest BCUT2D eigenvalue weighted by Gasteiger charge is 2.23. The van der Waals surface area contributed by atoms with Gasteiger partial charge in [0.15, 0.2) is 0 Å². The second kappa shape index (κ2) is 4.09. The van der Waals surface area contributed by atoms with Crippen molar-refractivity contribution in [2.45, 2.75) is 31.8 Å². The lowest BCUT2D eigenvalue weighted by atomic mass is 9.88. The molecule has 1 rings (SSSR count). The molecule has 0 radical (unpaired) electrons. The van der Waals surface area contributed by atoms with Gasteiger partial charge in [0.2, 0.25) is 0 Å². The van der Waals surface area contributed by atoms with Crippen molar-refractivity contribution in [3.63, 3.8) is 0 Å². The third-order valence-corrected chi connectivity index (χ3v) is 2.14. The van der Waals surface area contributed by atoms with E-state index in [1.165, 1.54) is 0 Å². The Morgan fingerprint density at radius 3 is 2.83 bits per heavy atom. The van der Waals surface area contributed by atoms with Crippen LogP contribution in [0.2, 0.25) is 0 Å². The van der Waals surface area contributed by atoms with Gasteiger partial charge in [-0.25, -0.2) is 4.79 Å². The van der Waals surface area contributed by atoms with E-state index >= 15 is 0 Å². The summed E-state index contributed by atoms with van der Waals surface area (Å²) in [5.74, 6) is 0.0445. The summed E-state index contributed by atoms with van der Waals surface area (Å²) in [6, 6.07) is 0. The summed E-state index contributed by atoms with van der Waals surface area (Å²) < 4.78 is 4.80. The Morgan fingerprint density at radius 2 is 2.25 bits per heavy atom. The minimum atomic E-state index is -0.744. The maximum atomic E-state index is 10.4. The molecular formula is C8H13NO3. The molecule has 1 saturated carbocycles. The molecule has 1 aliphatic rings. The molecule has 0 heterocycles. The van der Waals surface area contributed by atoms with Crippen LogP contribution in [0, 0.1) is 5.92 Å². The van der Waals surface area contributed by atoms with Crippen molar-refractivity contribution < 1.29 is 14.3 Å². The first-order valence-electron chi connectivity index (χ1n) is 4.13. The van der Waals surface area contributed by atoms with Crippen LogP contribution < -0.4 is 5.73 Å². The largest absolute Gasteiger partial charge is 0.446 e. The molecule has 0 spiro atoms. The van der Waals surface area contributed by atoms with E-state index in [1.54, 1.807) is 0 Å². The minimum Gasteiger partial charge on any atom is -0.446 e. The number of rotatable bonds is 2. The van der Waals surface area contributed by atoms with Crippen LogP contribution in [-0.2, 0) is 9.53 Å². The molecule has 0 aliphatic heterocycles. The average Bonchev–Trinajstić information content (AvgIpc) is 2.03. The van der Waals surface area contributed by atoms with E-state index in [-0.39, 0.29) is 12.0 Å². The fourth-order valence-electron chi connectivity index (χ4n) is 1.58. The van der Waals surface area contributed by atoms with Crippen LogP contribution >= 0.6 is 0 Å². The molecule has 0 aromatic carbocycles. The van der Waals surface area contributed by atoms with E-state index in [1.807, 2.05) is 0 Å². The van der Waals surface area contributed by atoms with Crippen molar-refractivity contribution in [3.8, 4) is 0 Å². The summed E-state index contributed by atoms with van der Waals surface area (Å²) in [6.45, 7) is 0. The van der Waals surface area contributed by atoms with Crippen LogP contribution in [0.15, 0.2) is 0 Å². The Bertz CT molecular complexity index is 181. The van der Waals surface area contributed by atoms with Gasteiger partial charge in [-0.15, -0.1) is 0 Å². The first-order valence-corrected chi connectivity index (χ1v) is 4.13. The Labute approximate surface area is 71.1 Å². The van der Waals surface area contributed by atoms with E-state index in [0.717, 1.165) is 25.5 Å². The van der Waals surface area contributed by atoms with Gasteiger partial charge in [0.1, 0.15) is 12.4 Å². The van der Waals surface area contributed by atoms with Gasteiger partial charge in [-0.2, -0.15) is 0 Å². The molecule has 0 saturated heterocycles. The monoisotopic (exact) mass is 171 g/mol. The molecule has 0 aromatic rings. The summed E-state index contributed by atoms with van der Waals surface area (Å²) in [4.78, 5) is 20.8. The molecule has 12 heavy (non-hydrogen) atoms. The van der Waals surface area contributed by atoms with Gasteiger partial charge >= 0.3 is 6.09 Å². The third kappa shape index (κ3) is 2.53. The van der Waals surface area contributed by atoms with Crippen LogP contribution in [0.4, 0.5) is 4.79 Å². The maximum Gasteiger partial charge on any atom is 0.404 e. The zero-order valence-electron chi connectivity index (χ0n) is 6.86. The third-order valence-electron chi connectivity index (χ3n) is 2.14. The topological polar surface area (TPSA) is 69.4 Å². The molecule has 0 aromatic heterocycles. The SMILES string of the molecule is NC(=O)OC1CCCC(C=O)C1. The lowest BCUT2D eigenvalue weighted by molar-refractivity contribution is -0.113. The summed E-state index contributed by atoms with van der Waals surface area (Å²) in [7, 11) is 0. The Hall–Kier alpha value is -1.06. The lowest BCUT2D eigenvalue weighted by Crippen LogP contribution is -2.28. The highest BCUT2D eigenvalue weighted by molar-refractivity contribution is 5.65. The van der Waals surface area contributed by atoms with Crippen molar-refractivity contribution in [1.29, 1.82) is 0 Å². The molecular weight excluding hydrogens is 158 g/mol. The van der Waals surface area contributed by atoms with Gasteiger partial charge in [-0.3, -0.25) is 0 Å². The number of carbonyl (C=O) groups is 2. The van der Waals surface area contributed by atoms with Gasteiger partial charge in [0, 0.05) is 5.92 Å². The zero-order chi connectivity index (χ0) is 8.97. The standard InChI is InChI=1S/C8H13NO3/c9-8(11)12-7-3-1-2-6(4-7)5-10/h5-7H,1-4H2,(H2,9,11). The van der Waals surface area contributed by atoms with E-state index in [9.17, 15) is 9.59 Å². The predicted molar refractivity (Wildman–Crippen MR) is 42.5 cm³/mol. The van der Waals surface area contributed by atoms with Gasteiger partial charge in [-0.05, 0) is 25.7 Å². The smallest absolute Gasteiger partial charge is 0.404 e. The molecule has 4 heteroatoms. The molecule has 4 nitrogen and oxygen atoms in total. The van der Waals surface area contributed by atoms with Gasteiger partial charge < -0.3 is 15.3 Å². The number of amides is 1. The molecule has 68 valence electrons. The van der Waals surface area contributed by atoms with E-state index in [0.29, 0.717) is 6.42 Å². The summed E-state index contributed by atoms with van der Waals surface area (Å²) in [6.07, 6.45) is 3.33. The molecule has 2 atom stereocenters. The number of nitrogens with two attached hydrogens (primary N) is 1. The van der Waals surface area contributed by atoms with Crippen molar-refractivity contribution in [3.05, 3.63) is 0 Å². The number of primary amides is 1. The fraction of sp³-hybridized carbons (Fsp3) is 0.750. The maximum absolute atomic E-state index is 10.4. The minimum absolute atomic E-state index is 0.0445. The highest BCUT2D eigenvalue weighted by Crippen LogP contribution is 2.24. The summed E-state index contributed by atoms with van der Waals surface area (Å²) in [5.41, 5.74) is 4.86. The normalized spacial score (nSPS) is 29.3. The summed E-state index contributed by atoms with van der Waals surface area (Å²) >= 11 is 0. The molecule has 2 N–H and O–H groups in total. The second-order valence-corrected chi connectivity index (χ2v) is 3.12. The number of hydrogen-bond acceptors (Lipinski definition) is 3. The van der Waals surface area contributed by atoms with Crippen LogP contribution in [0.1, 0.15) is 25.7 Å². The first-order chi connectivity index (χ1) is 5.72. The zero-order valence-corrected chi connectivity index (χ0v) is 6.86. The second-order valence-electron chi connectivity index (χ2n) is 3.12. The average molecular weight is 171 g/mol. The predicted octanol–water partition coefficient (Wildman–Crippen LogP) is 0.839. The molecule has 0 bridgehead atoms. The van der Waals surface area contributed by atoms with Crippen LogP contribution in [-0.4, -0.2) is 18.5 Å². The van der Waals surface area contributed by atoms with Crippen molar-refractivity contribution in [1.82, 2.24) is 0 Å². The van der Waals surface area contributed by atoms with E-state index < -0.39 is 6.09 Å². The Kier molecular flexibility index (Phi) is 3.08. The highest BCUT2D eigenvalue weighted by atomic mass is 16.6. The molecule has 1 fully saturated rings. The fourth-order valence-corrected chi connectivity index (χ4v) is 1.58. The van der Waals surface area contributed by atoms with Crippen LogP contribution in [0.5, 0.6) is 0 Å². The number of ether oxygens (including phenoxy) is 1. The van der Waals surface area contributed by atoms with Crippen LogP contribution in [0.25, 0.3) is 0 Å². The Morgan fingerprint density at radius 1 is 1.50 bits per heavy atom. The number of hydrogen-bond donors (Lipinski definition) is 1. The molecule has 1 amide bonds. The van der Waals surface area contributed by atoms with Gasteiger partial charge in [0.05, 0.1) is 0 Å².